The van der Waals surface area contributed by atoms with Gasteiger partial charge in [0.1, 0.15) is 0 Å². The Hall–Kier alpha value is -0.320. The van der Waals surface area contributed by atoms with Gasteiger partial charge in [0.2, 0.25) is 0 Å². The Morgan fingerprint density at radius 1 is 0.938 bits per heavy atom. The number of rotatable bonds is 2. The fraction of sp³-hybridized carbons (Fsp3) is 1.00. The van der Waals surface area contributed by atoms with Crippen LogP contribution in [0.25, 0.3) is 0 Å². The Balaban J connectivity index is 0.000000288. The minimum Gasteiger partial charge on any atom is -0.328 e. The highest BCUT2D eigenvalue weighted by molar-refractivity contribution is 7.99. The maximum Gasteiger partial charge on any atom is 0.387 e. The summed E-state index contributed by atoms with van der Waals surface area (Å²) in [5.41, 5.74) is 0. The van der Waals surface area contributed by atoms with E-state index < -0.39 is 20.8 Å². The van der Waals surface area contributed by atoms with Gasteiger partial charge in [-0.2, -0.15) is 16.8 Å². The van der Waals surface area contributed by atoms with Gasteiger partial charge < -0.3 is 4.48 Å². The van der Waals surface area contributed by atoms with Crippen LogP contribution >= 0.6 is 0 Å². The summed E-state index contributed by atoms with van der Waals surface area (Å²) in [5, 5.41) is 0. The highest BCUT2D eigenvalue weighted by atomic mass is 32.3. The second kappa shape index (κ2) is 5.34. The molecule has 1 aliphatic heterocycles. The van der Waals surface area contributed by atoms with Crippen molar-refractivity contribution in [3.05, 3.63) is 0 Å². The normalized spacial score (nSPS) is 20.0. The second-order valence-corrected chi connectivity index (χ2v) is 6.47. The Kier molecular flexibility index (Phi) is 5.23. The molecule has 1 rings (SSSR count). The second-order valence-electron chi connectivity index (χ2n) is 4.05. The van der Waals surface area contributed by atoms with Gasteiger partial charge >= 0.3 is 20.8 Å². The predicted molar refractivity (Wildman–Crippen MR) is 54.3 cm³/mol. The lowest BCUT2D eigenvalue weighted by atomic mass is 10.4. The van der Waals surface area contributed by atoms with Crippen molar-refractivity contribution in [3.63, 3.8) is 0 Å². The third-order valence-electron chi connectivity index (χ3n) is 1.98. The van der Waals surface area contributed by atoms with E-state index in [9.17, 15) is 24.6 Å². The first kappa shape index (κ1) is 15.7. The molecule has 0 bridgehead atoms. The van der Waals surface area contributed by atoms with Gasteiger partial charge in [0, 0.05) is 12.8 Å². The van der Waals surface area contributed by atoms with Gasteiger partial charge in [-0.1, -0.05) is 11.9 Å². The Labute approximate surface area is 94.5 Å². The maximum atomic E-state index is 11.1. The van der Waals surface area contributed by atoms with Crippen molar-refractivity contribution in [3.8, 4) is 0 Å². The Morgan fingerprint density at radius 2 is 1.25 bits per heavy atom. The molecule has 0 radical (unpaired) electrons. The van der Waals surface area contributed by atoms with E-state index in [0.717, 1.165) is 0 Å². The molecule has 0 aromatic carbocycles. The average Bonchev–Trinajstić information content (AvgIpc) is 2.26. The first-order valence-electron chi connectivity index (χ1n) is 4.41. The molecular formula is C6H15F2N2O4S2+. The summed E-state index contributed by atoms with van der Waals surface area (Å²) in [7, 11) is -6.39. The summed E-state index contributed by atoms with van der Waals surface area (Å²) >= 11 is 0. The highest BCUT2D eigenvalue weighted by Gasteiger charge is 2.19. The summed E-state index contributed by atoms with van der Waals surface area (Å²) in [4.78, 5) is 0. The van der Waals surface area contributed by atoms with E-state index in [1.54, 1.807) is 0 Å². The van der Waals surface area contributed by atoms with Crippen LogP contribution in [-0.4, -0.2) is 48.5 Å². The van der Waals surface area contributed by atoms with E-state index in [0.29, 0.717) is 0 Å². The van der Waals surface area contributed by atoms with Gasteiger partial charge in [-0.3, -0.25) is 0 Å². The van der Waals surface area contributed by atoms with Gasteiger partial charge in [-0.05, 0) is 0 Å². The molecule has 0 atom stereocenters. The van der Waals surface area contributed by atoms with Crippen molar-refractivity contribution in [2.75, 3.05) is 27.2 Å². The highest BCUT2D eigenvalue weighted by Crippen LogP contribution is 2.11. The van der Waals surface area contributed by atoms with Gasteiger partial charge in [-0.25, -0.2) is 0 Å². The van der Waals surface area contributed by atoms with Crippen LogP contribution in [-0.2, 0) is 20.8 Å². The van der Waals surface area contributed by atoms with E-state index in [-0.39, 0.29) is 4.13 Å². The summed E-state index contributed by atoms with van der Waals surface area (Å²) in [6, 6.07) is 0. The van der Waals surface area contributed by atoms with Crippen LogP contribution < -0.4 is 4.13 Å². The first-order valence-corrected chi connectivity index (χ1v) is 7.18. The molecule has 0 amide bonds. The summed E-state index contributed by atoms with van der Waals surface area (Å²) in [5.74, 6) is 0. The molecule has 0 aromatic heterocycles. The molecule has 98 valence electrons. The molecule has 1 aliphatic rings. The van der Waals surface area contributed by atoms with Crippen LogP contribution in [0.5, 0.6) is 0 Å². The largest absolute Gasteiger partial charge is 0.387 e. The quantitative estimate of drug-likeness (QED) is 0.564. The molecule has 1 heterocycles. The van der Waals surface area contributed by atoms with Crippen molar-refractivity contribution < 1.29 is 29.1 Å². The molecule has 6 nitrogen and oxygen atoms in total. The summed E-state index contributed by atoms with van der Waals surface area (Å²) in [6.07, 6.45) is 2.88. The van der Waals surface area contributed by atoms with Crippen LogP contribution in [0.2, 0.25) is 0 Å². The molecule has 1 saturated heterocycles. The molecule has 1 N–H and O–H groups in total. The molecule has 16 heavy (non-hydrogen) atoms. The molecular weight excluding hydrogens is 266 g/mol. The van der Waals surface area contributed by atoms with Crippen LogP contribution in [0.1, 0.15) is 12.8 Å². The fourth-order valence-electron chi connectivity index (χ4n) is 1.31. The van der Waals surface area contributed by atoms with Crippen molar-refractivity contribution in [2.45, 2.75) is 12.8 Å². The lowest BCUT2D eigenvalue weighted by Crippen LogP contribution is -2.35. The zero-order chi connectivity index (χ0) is 13.0. The SMILES string of the molecule is C[N+]1(C)CCCC1.O=S(=O)(F)NS(=O)(=O)F. The van der Waals surface area contributed by atoms with Crippen molar-refractivity contribution in [1.82, 2.24) is 4.13 Å². The molecule has 0 aromatic rings. The molecule has 0 spiro atoms. The van der Waals surface area contributed by atoms with Crippen LogP contribution in [0, 0.1) is 0 Å². The number of hydrogen-bond donors (Lipinski definition) is 1. The standard InChI is InChI=1S/C6H14N.F2HNO4S2/c1-7(2)5-3-4-6-7;1-8(4,5)3-9(2,6)7/h3-6H2,1-2H3;3H/q+1;. The molecule has 1 fully saturated rings. The van der Waals surface area contributed by atoms with Crippen LogP contribution in [0.4, 0.5) is 7.77 Å². The lowest BCUT2D eigenvalue weighted by Gasteiger charge is -2.21. The number of hydrogen-bond acceptors (Lipinski definition) is 4. The summed E-state index contributed by atoms with van der Waals surface area (Å²) in [6.45, 7) is 2.78. The zero-order valence-electron chi connectivity index (χ0n) is 8.98. The molecule has 0 saturated carbocycles. The van der Waals surface area contributed by atoms with Gasteiger partial charge in [0.15, 0.2) is 0 Å². The molecule has 10 heteroatoms. The predicted octanol–water partition coefficient (Wildman–Crippen LogP) is -0.139. The zero-order valence-corrected chi connectivity index (χ0v) is 10.6. The average molecular weight is 281 g/mol. The topological polar surface area (TPSA) is 80.3 Å². The summed E-state index contributed by atoms with van der Waals surface area (Å²) < 4.78 is 60.6. The lowest BCUT2D eigenvalue weighted by molar-refractivity contribution is -0.877. The van der Waals surface area contributed by atoms with Crippen LogP contribution in [0.3, 0.4) is 0 Å². The first-order chi connectivity index (χ1) is 6.91. The van der Waals surface area contributed by atoms with Crippen molar-refractivity contribution in [1.29, 1.82) is 0 Å². The third kappa shape index (κ3) is 10.2. The van der Waals surface area contributed by atoms with Crippen LogP contribution in [0.15, 0.2) is 0 Å². The monoisotopic (exact) mass is 281 g/mol. The molecule has 0 unspecified atom stereocenters. The number of quaternary nitrogens is 1. The van der Waals surface area contributed by atoms with E-state index >= 15 is 0 Å². The minimum absolute atomic E-state index is 0.0694. The number of nitrogens with zero attached hydrogens (tertiary/aromatic N) is 1. The van der Waals surface area contributed by atoms with E-state index in [1.807, 2.05) is 0 Å². The van der Waals surface area contributed by atoms with Gasteiger partial charge in [0.25, 0.3) is 0 Å². The minimum atomic E-state index is -5.49. The Morgan fingerprint density at radius 3 is 1.31 bits per heavy atom. The van der Waals surface area contributed by atoms with Crippen molar-refractivity contribution >= 4 is 20.8 Å². The van der Waals surface area contributed by atoms with Gasteiger partial charge in [0.05, 0.1) is 27.2 Å². The van der Waals surface area contributed by atoms with E-state index in [1.165, 1.54) is 30.4 Å². The van der Waals surface area contributed by atoms with Crippen molar-refractivity contribution in [2.24, 2.45) is 0 Å². The number of nitrogens with one attached hydrogen (secondary N) is 1. The maximum absolute atomic E-state index is 11.1. The fourth-order valence-corrected chi connectivity index (χ4v) is 2.26. The van der Waals surface area contributed by atoms with Gasteiger partial charge in [-0.15, -0.1) is 0 Å². The third-order valence-corrected chi connectivity index (χ3v) is 3.57. The van der Waals surface area contributed by atoms with E-state index in [4.69, 9.17) is 0 Å². The number of likely N-dealkylation sites (tertiary alicyclic amines) is 1. The molecule has 0 aliphatic carbocycles. The Bertz CT molecular complexity index is 380. The van der Waals surface area contributed by atoms with E-state index in [2.05, 4.69) is 14.1 Å². The number of halogens is 2. The smallest absolute Gasteiger partial charge is 0.328 e.